The third kappa shape index (κ3) is 4.23. The lowest BCUT2D eigenvalue weighted by molar-refractivity contribution is -0.116. The van der Waals surface area contributed by atoms with Crippen LogP contribution in [0.15, 0.2) is 41.1 Å². The van der Waals surface area contributed by atoms with Crippen LogP contribution in [0.4, 0.5) is 5.82 Å². The highest BCUT2D eigenvalue weighted by molar-refractivity contribution is 6.30. The number of hydrogen-bond donors (Lipinski definition) is 1. The minimum Gasteiger partial charge on any atom is -0.360 e. The molecule has 0 spiro atoms. The van der Waals surface area contributed by atoms with Crippen LogP contribution >= 0.6 is 11.6 Å². The standard InChI is InChI=1S/C19H20ClN5O3/c1-4-16-15(10-21-25(16)14-7-5-6-13(20)9-14)19(27)24(3)11-18(26)22-17-8-12(2)28-23-17/h5-10H,4,11H2,1-3H3,(H,22,23,26). The highest BCUT2D eigenvalue weighted by Gasteiger charge is 2.22. The SMILES string of the molecule is CCc1c(C(=O)N(C)CC(=O)Nc2cc(C)on2)cnn1-c1cccc(Cl)c1. The molecule has 8 nitrogen and oxygen atoms in total. The van der Waals surface area contributed by atoms with Crippen molar-refractivity contribution in [2.45, 2.75) is 20.3 Å². The summed E-state index contributed by atoms with van der Waals surface area (Å²) in [6.07, 6.45) is 2.10. The van der Waals surface area contributed by atoms with Crippen molar-refractivity contribution in [3.05, 3.63) is 58.6 Å². The molecule has 9 heteroatoms. The number of aromatic nitrogens is 3. The van der Waals surface area contributed by atoms with Crippen molar-refractivity contribution >= 4 is 29.2 Å². The fourth-order valence-corrected chi connectivity index (χ4v) is 3.01. The average molecular weight is 402 g/mol. The van der Waals surface area contributed by atoms with Crippen LogP contribution in [0.5, 0.6) is 0 Å². The molecule has 0 radical (unpaired) electrons. The van der Waals surface area contributed by atoms with Crippen LogP contribution in [0.2, 0.25) is 5.02 Å². The molecule has 0 aliphatic carbocycles. The topological polar surface area (TPSA) is 93.3 Å². The third-order valence-corrected chi connectivity index (χ3v) is 4.34. The Balaban J connectivity index is 1.75. The molecule has 28 heavy (non-hydrogen) atoms. The number of amides is 2. The predicted molar refractivity (Wildman–Crippen MR) is 105 cm³/mol. The van der Waals surface area contributed by atoms with Crippen LogP contribution in [0.1, 0.15) is 28.7 Å². The van der Waals surface area contributed by atoms with E-state index >= 15 is 0 Å². The number of carbonyl (C=O) groups is 2. The van der Waals surface area contributed by atoms with Gasteiger partial charge in [-0.05, 0) is 31.5 Å². The predicted octanol–water partition coefficient (Wildman–Crippen LogP) is 3.10. The Morgan fingerprint density at radius 1 is 1.32 bits per heavy atom. The Labute approximate surface area is 167 Å². The highest BCUT2D eigenvalue weighted by atomic mass is 35.5. The summed E-state index contributed by atoms with van der Waals surface area (Å²) in [6.45, 7) is 3.53. The van der Waals surface area contributed by atoms with Crippen molar-refractivity contribution in [1.82, 2.24) is 19.8 Å². The molecule has 3 aromatic rings. The number of halogens is 1. The summed E-state index contributed by atoms with van der Waals surface area (Å²) in [5, 5.41) is 11.2. The van der Waals surface area contributed by atoms with Crippen LogP contribution in [0.25, 0.3) is 5.69 Å². The van der Waals surface area contributed by atoms with Gasteiger partial charge in [0.05, 0.1) is 29.7 Å². The van der Waals surface area contributed by atoms with Crippen molar-refractivity contribution in [3.63, 3.8) is 0 Å². The van der Waals surface area contributed by atoms with Gasteiger partial charge in [-0.1, -0.05) is 29.7 Å². The summed E-state index contributed by atoms with van der Waals surface area (Å²) in [5.74, 6) is 0.230. The maximum atomic E-state index is 12.9. The molecule has 0 aliphatic heterocycles. The number of likely N-dealkylation sites (N-methyl/N-ethyl adjacent to an activating group) is 1. The van der Waals surface area contributed by atoms with Gasteiger partial charge in [0.1, 0.15) is 5.76 Å². The molecule has 1 N–H and O–H groups in total. The smallest absolute Gasteiger partial charge is 0.257 e. The fraction of sp³-hybridized carbons (Fsp3) is 0.263. The van der Waals surface area contributed by atoms with Crippen LogP contribution in [-0.2, 0) is 11.2 Å². The highest BCUT2D eigenvalue weighted by Crippen LogP contribution is 2.20. The zero-order chi connectivity index (χ0) is 20.3. The number of nitrogens with one attached hydrogen (secondary N) is 1. The summed E-state index contributed by atoms with van der Waals surface area (Å²) >= 11 is 6.06. The van der Waals surface area contributed by atoms with E-state index in [0.717, 1.165) is 11.4 Å². The lowest BCUT2D eigenvalue weighted by Gasteiger charge is -2.16. The average Bonchev–Trinajstić information content (AvgIpc) is 3.26. The normalized spacial score (nSPS) is 10.7. The summed E-state index contributed by atoms with van der Waals surface area (Å²) in [6, 6.07) is 8.84. The van der Waals surface area contributed by atoms with Crippen LogP contribution < -0.4 is 5.32 Å². The molecular formula is C19H20ClN5O3. The number of nitrogens with zero attached hydrogens (tertiary/aromatic N) is 4. The summed E-state index contributed by atoms with van der Waals surface area (Å²) in [5.41, 5.74) is 1.95. The first kappa shape index (κ1) is 19.6. The van der Waals surface area contributed by atoms with E-state index in [1.54, 1.807) is 36.9 Å². The molecule has 0 atom stereocenters. The van der Waals surface area contributed by atoms with E-state index in [1.807, 2.05) is 19.1 Å². The Morgan fingerprint density at radius 2 is 2.11 bits per heavy atom. The number of hydrogen-bond acceptors (Lipinski definition) is 5. The number of carbonyl (C=O) groups excluding carboxylic acids is 2. The van der Waals surface area contributed by atoms with E-state index in [2.05, 4.69) is 15.6 Å². The lowest BCUT2D eigenvalue weighted by Crippen LogP contribution is -2.35. The molecule has 0 saturated carbocycles. The molecule has 0 aliphatic rings. The molecule has 3 rings (SSSR count). The molecule has 0 saturated heterocycles. The molecule has 2 heterocycles. The van der Waals surface area contributed by atoms with Gasteiger partial charge in [0.25, 0.3) is 5.91 Å². The summed E-state index contributed by atoms with van der Waals surface area (Å²) in [4.78, 5) is 26.4. The van der Waals surface area contributed by atoms with Gasteiger partial charge in [-0.2, -0.15) is 5.10 Å². The van der Waals surface area contributed by atoms with Crippen LogP contribution in [0.3, 0.4) is 0 Å². The zero-order valence-electron chi connectivity index (χ0n) is 15.8. The van der Waals surface area contributed by atoms with Crippen molar-refractivity contribution in [2.24, 2.45) is 0 Å². The molecule has 2 aromatic heterocycles. The summed E-state index contributed by atoms with van der Waals surface area (Å²) < 4.78 is 6.59. The number of benzene rings is 1. The van der Waals surface area contributed by atoms with Crippen molar-refractivity contribution < 1.29 is 14.1 Å². The molecule has 0 fully saturated rings. The van der Waals surface area contributed by atoms with Gasteiger partial charge in [-0.15, -0.1) is 0 Å². The molecule has 0 unspecified atom stereocenters. The Kier molecular flexibility index (Phi) is 5.79. The van der Waals surface area contributed by atoms with Gasteiger partial charge in [-0.3, -0.25) is 9.59 Å². The first-order valence-corrected chi connectivity index (χ1v) is 9.08. The Bertz CT molecular complexity index is 1010. The van der Waals surface area contributed by atoms with Gasteiger partial charge < -0.3 is 14.7 Å². The molecule has 0 bridgehead atoms. The van der Waals surface area contributed by atoms with Gasteiger partial charge in [-0.25, -0.2) is 4.68 Å². The van der Waals surface area contributed by atoms with E-state index in [-0.39, 0.29) is 18.4 Å². The maximum Gasteiger partial charge on any atom is 0.257 e. The first-order valence-electron chi connectivity index (χ1n) is 8.70. The van der Waals surface area contributed by atoms with Crippen LogP contribution in [0, 0.1) is 6.92 Å². The molecular weight excluding hydrogens is 382 g/mol. The fourth-order valence-electron chi connectivity index (χ4n) is 2.82. The minimum atomic E-state index is -0.371. The Morgan fingerprint density at radius 3 is 2.75 bits per heavy atom. The quantitative estimate of drug-likeness (QED) is 0.685. The largest absolute Gasteiger partial charge is 0.360 e. The second-order valence-corrected chi connectivity index (χ2v) is 6.72. The molecule has 1 aromatic carbocycles. The van der Waals surface area contributed by atoms with Gasteiger partial charge in [0.2, 0.25) is 5.91 Å². The zero-order valence-corrected chi connectivity index (χ0v) is 16.5. The summed E-state index contributed by atoms with van der Waals surface area (Å²) in [7, 11) is 1.56. The van der Waals surface area contributed by atoms with Gasteiger partial charge in [0, 0.05) is 18.1 Å². The van der Waals surface area contributed by atoms with E-state index in [1.165, 1.54) is 11.1 Å². The monoisotopic (exact) mass is 401 g/mol. The van der Waals surface area contributed by atoms with Gasteiger partial charge >= 0.3 is 0 Å². The van der Waals surface area contributed by atoms with Crippen molar-refractivity contribution in [3.8, 4) is 5.69 Å². The minimum absolute atomic E-state index is 0.129. The van der Waals surface area contributed by atoms with Crippen molar-refractivity contribution in [2.75, 3.05) is 18.9 Å². The van der Waals surface area contributed by atoms with E-state index < -0.39 is 0 Å². The number of aryl methyl sites for hydroxylation is 1. The van der Waals surface area contributed by atoms with Gasteiger partial charge in [0.15, 0.2) is 5.82 Å². The number of rotatable bonds is 6. The third-order valence-electron chi connectivity index (χ3n) is 4.11. The molecule has 146 valence electrons. The van der Waals surface area contributed by atoms with E-state index in [0.29, 0.717) is 28.6 Å². The second-order valence-electron chi connectivity index (χ2n) is 6.28. The second kappa shape index (κ2) is 8.26. The lowest BCUT2D eigenvalue weighted by atomic mass is 10.1. The van der Waals surface area contributed by atoms with Crippen molar-refractivity contribution in [1.29, 1.82) is 0 Å². The van der Waals surface area contributed by atoms with E-state index in [4.69, 9.17) is 16.1 Å². The van der Waals surface area contributed by atoms with E-state index in [9.17, 15) is 9.59 Å². The first-order chi connectivity index (χ1) is 13.4. The van der Waals surface area contributed by atoms with Crippen LogP contribution in [-0.4, -0.2) is 45.2 Å². The maximum absolute atomic E-state index is 12.9. The Hall–Kier alpha value is -3.13. The number of anilines is 1. The molecule has 2 amide bonds.